The number of sulfonamides is 1. The van der Waals surface area contributed by atoms with Crippen LogP contribution in [0, 0.1) is 0 Å². The van der Waals surface area contributed by atoms with E-state index in [0.717, 1.165) is 17.3 Å². The molecule has 0 atom stereocenters. The lowest BCUT2D eigenvalue weighted by Crippen LogP contribution is -2.36. The highest BCUT2D eigenvalue weighted by Gasteiger charge is 2.43. The fourth-order valence-electron chi connectivity index (χ4n) is 3.12. The van der Waals surface area contributed by atoms with Gasteiger partial charge >= 0.3 is 0 Å². The first-order valence-corrected chi connectivity index (χ1v) is 9.51. The lowest BCUT2D eigenvalue weighted by atomic mass is 10.1. The molecule has 138 valence electrons. The van der Waals surface area contributed by atoms with Gasteiger partial charge in [-0.15, -0.1) is 12.4 Å². The third-order valence-electron chi connectivity index (χ3n) is 4.29. The topological polar surface area (TPSA) is 86.8 Å². The molecule has 9 heteroatoms. The average molecular weight is 388 g/mol. The van der Waals surface area contributed by atoms with E-state index in [9.17, 15) is 18.0 Å². The van der Waals surface area contributed by atoms with E-state index >= 15 is 0 Å². The molecule has 0 aromatic heterocycles. The molecule has 1 N–H and O–H groups in total. The Balaban J connectivity index is 0.00000225. The molecular weight excluding hydrogens is 366 g/mol. The normalized spacial score (nSPS) is 19.4. The maximum Gasteiger partial charge on any atom is 0.269 e. The van der Waals surface area contributed by atoms with Crippen LogP contribution in [0.25, 0.3) is 0 Å². The van der Waals surface area contributed by atoms with Gasteiger partial charge in [-0.25, -0.2) is 12.7 Å². The highest BCUT2D eigenvalue weighted by Crippen LogP contribution is 2.32. The minimum atomic E-state index is -3.89. The highest BCUT2D eigenvalue weighted by molar-refractivity contribution is 7.90. The van der Waals surface area contributed by atoms with Gasteiger partial charge in [-0.05, 0) is 45.0 Å². The molecular formula is C16H22ClN3O4S. The van der Waals surface area contributed by atoms with Gasteiger partial charge in [-0.1, -0.05) is 0 Å². The Morgan fingerprint density at radius 1 is 1.20 bits per heavy atom. The zero-order valence-corrected chi connectivity index (χ0v) is 15.8. The van der Waals surface area contributed by atoms with E-state index in [-0.39, 0.29) is 28.8 Å². The molecule has 2 amide bonds. The van der Waals surface area contributed by atoms with Crippen LogP contribution < -0.4 is 5.32 Å². The molecule has 2 aliphatic rings. The van der Waals surface area contributed by atoms with E-state index in [1.54, 1.807) is 18.7 Å². The van der Waals surface area contributed by atoms with Crippen molar-refractivity contribution in [2.24, 2.45) is 0 Å². The summed E-state index contributed by atoms with van der Waals surface area (Å²) in [6, 6.07) is 3.86. The van der Waals surface area contributed by atoms with Crippen molar-refractivity contribution in [3.63, 3.8) is 0 Å². The molecule has 1 saturated heterocycles. The molecule has 1 aromatic rings. The number of nitrogens with one attached hydrogen (secondary N) is 1. The van der Waals surface area contributed by atoms with Crippen molar-refractivity contribution in [1.82, 2.24) is 14.5 Å². The predicted molar refractivity (Wildman–Crippen MR) is 95.6 cm³/mol. The number of amides is 2. The Morgan fingerprint density at radius 3 is 2.60 bits per heavy atom. The summed E-state index contributed by atoms with van der Waals surface area (Å²) in [5.41, 5.74) is 0.440. The van der Waals surface area contributed by atoms with Gasteiger partial charge in [0.1, 0.15) is 4.90 Å². The first-order chi connectivity index (χ1) is 11.3. The Labute approximate surface area is 153 Å². The molecule has 0 saturated carbocycles. The number of carbonyl (C=O) groups excluding carboxylic acids is 2. The van der Waals surface area contributed by atoms with Crippen molar-refractivity contribution < 1.29 is 18.0 Å². The molecule has 3 rings (SSSR count). The van der Waals surface area contributed by atoms with Crippen molar-refractivity contribution in [3.8, 4) is 0 Å². The van der Waals surface area contributed by atoms with Gasteiger partial charge in [0, 0.05) is 31.2 Å². The summed E-state index contributed by atoms with van der Waals surface area (Å²) in [7, 11) is -3.89. The quantitative estimate of drug-likeness (QED) is 0.821. The van der Waals surface area contributed by atoms with Crippen molar-refractivity contribution in [3.05, 3.63) is 29.3 Å². The first-order valence-electron chi connectivity index (χ1n) is 8.07. The molecule has 0 spiro atoms. The van der Waals surface area contributed by atoms with E-state index in [1.165, 1.54) is 18.2 Å². The second-order valence-corrected chi connectivity index (χ2v) is 8.09. The molecule has 0 unspecified atom stereocenters. The summed E-state index contributed by atoms with van der Waals surface area (Å²) in [5.74, 6) is -0.731. The SMILES string of the molecule is CC(C)N1C(=O)c2ccc(C(=O)N3CCCNCC3)cc2S1(=O)=O.Cl. The fourth-order valence-corrected chi connectivity index (χ4v) is 4.92. The zero-order valence-electron chi connectivity index (χ0n) is 14.2. The fraction of sp³-hybridized carbons (Fsp3) is 0.500. The Morgan fingerprint density at radius 2 is 1.92 bits per heavy atom. The van der Waals surface area contributed by atoms with Gasteiger partial charge < -0.3 is 10.2 Å². The van der Waals surface area contributed by atoms with Crippen LogP contribution in [0.1, 0.15) is 41.0 Å². The largest absolute Gasteiger partial charge is 0.337 e. The third kappa shape index (κ3) is 3.38. The van der Waals surface area contributed by atoms with E-state index in [4.69, 9.17) is 0 Å². The molecule has 1 aromatic carbocycles. The van der Waals surface area contributed by atoms with Crippen LogP contribution in [-0.4, -0.2) is 61.7 Å². The second kappa shape index (κ2) is 7.31. The Kier molecular flexibility index (Phi) is 5.75. The summed E-state index contributed by atoms with van der Waals surface area (Å²) in [5, 5.41) is 3.22. The average Bonchev–Trinajstić information content (AvgIpc) is 2.73. The van der Waals surface area contributed by atoms with Crippen LogP contribution in [0.3, 0.4) is 0 Å². The van der Waals surface area contributed by atoms with Crippen molar-refractivity contribution in [2.75, 3.05) is 26.2 Å². The van der Waals surface area contributed by atoms with Crippen LogP contribution >= 0.6 is 12.4 Å². The number of fused-ring (bicyclic) bond motifs is 1. The maximum absolute atomic E-state index is 12.7. The lowest BCUT2D eigenvalue weighted by Gasteiger charge is -2.20. The summed E-state index contributed by atoms with van der Waals surface area (Å²) in [6.45, 7) is 6.09. The molecule has 0 bridgehead atoms. The highest BCUT2D eigenvalue weighted by atomic mass is 35.5. The molecule has 0 aliphatic carbocycles. The van der Waals surface area contributed by atoms with E-state index in [2.05, 4.69) is 5.32 Å². The van der Waals surface area contributed by atoms with Gasteiger partial charge in [-0.2, -0.15) is 0 Å². The van der Waals surface area contributed by atoms with Gasteiger partial charge in [0.25, 0.3) is 21.8 Å². The number of hydrogen-bond acceptors (Lipinski definition) is 5. The van der Waals surface area contributed by atoms with E-state index in [0.29, 0.717) is 25.2 Å². The number of halogens is 1. The summed E-state index contributed by atoms with van der Waals surface area (Å²) in [4.78, 5) is 26.6. The molecule has 2 aliphatic heterocycles. The monoisotopic (exact) mass is 387 g/mol. The third-order valence-corrected chi connectivity index (χ3v) is 6.29. The second-order valence-electron chi connectivity index (χ2n) is 6.31. The maximum atomic E-state index is 12.7. The zero-order chi connectivity index (χ0) is 17.5. The minimum Gasteiger partial charge on any atom is -0.337 e. The summed E-state index contributed by atoms with van der Waals surface area (Å²) < 4.78 is 26.1. The van der Waals surface area contributed by atoms with E-state index in [1.807, 2.05) is 0 Å². The predicted octanol–water partition coefficient (Wildman–Crippen LogP) is 1.10. The van der Waals surface area contributed by atoms with Gasteiger partial charge in [0.05, 0.1) is 5.56 Å². The Hall–Kier alpha value is -1.64. The smallest absolute Gasteiger partial charge is 0.269 e. The standard InChI is InChI=1S/C16H21N3O4S.ClH/c1-11(2)19-16(21)13-5-4-12(10-14(13)24(19,22)23)15(20)18-8-3-6-17-7-9-18;/h4-5,10-11,17H,3,6-9H2,1-2H3;1H. The van der Waals surface area contributed by atoms with Crippen LogP contribution in [0.5, 0.6) is 0 Å². The van der Waals surface area contributed by atoms with E-state index < -0.39 is 22.0 Å². The van der Waals surface area contributed by atoms with Gasteiger partial charge in [0.2, 0.25) is 0 Å². The summed E-state index contributed by atoms with van der Waals surface area (Å²) >= 11 is 0. The summed E-state index contributed by atoms with van der Waals surface area (Å²) in [6.07, 6.45) is 0.856. The number of benzene rings is 1. The molecule has 1 fully saturated rings. The lowest BCUT2D eigenvalue weighted by molar-refractivity contribution is 0.0764. The number of nitrogens with zero attached hydrogens (tertiary/aromatic N) is 2. The van der Waals surface area contributed by atoms with Gasteiger partial charge in [-0.3, -0.25) is 9.59 Å². The van der Waals surface area contributed by atoms with Crippen LogP contribution in [0.15, 0.2) is 23.1 Å². The number of carbonyl (C=O) groups is 2. The first kappa shape index (κ1) is 19.7. The van der Waals surface area contributed by atoms with Crippen molar-refractivity contribution in [1.29, 1.82) is 0 Å². The van der Waals surface area contributed by atoms with Crippen LogP contribution in [-0.2, 0) is 10.0 Å². The molecule has 2 heterocycles. The Bertz CT molecular complexity index is 787. The van der Waals surface area contributed by atoms with Crippen LogP contribution in [0.4, 0.5) is 0 Å². The van der Waals surface area contributed by atoms with Crippen molar-refractivity contribution in [2.45, 2.75) is 31.2 Å². The van der Waals surface area contributed by atoms with Gasteiger partial charge in [0.15, 0.2) is 0 Å². The van der Waals surface area contributed by atoms with Crippen molar-refractivity contribution >= 4 is 34.2 Å². The molecule has 0 radical (unpaired) electrons. The molecule has 7 nitrogen and oxygen atoms in total. The number of hydrogen-bond donors (Lipinski definition) is 1. The van der Waals surface area contributed by atoms with Crippen LogP contribution in [0.2, 0.25) is 0 Å². The molecule has 25 heavy (non-hydrogen) atoms. The number of rotatable bonds is 2. The minimum absolute atomic E-state index is 0.